The van der Waals surface area contributed by atoms with Gasteiger partial charge in [-0.25, -0.2) is 17.8 Å². The van der Waals surface area contributed by atoms with E-state index < -0.39 is 10.0 Å². The minimum atomic E-state index is -3.57. The molecule has 0 saturated heterocycles. The second-order valence-corrected chi connectivity index (χ2v) is 10.4. The van der Waals surface area contributed by atoms with Gasteiger partial charge in [0.2, 0.25) is 10.0 Å². The van der Waals surface area contributed by atoms with Gasteiger partial charge in [-0.05, 0) is 44.2 Å². The van der Waals surface area contributed by atoms with Crippen LogP contribution in [0.1, 0.15) is 39.3 Å². The summed E-state index contributed by atoms with van der Waals surface area (Å²) in [5.41, 5.74) is 1.86. The predicted octanol–water partition coefficient (Wildman–Crippen LogP) is 5.73. The molecule has 0 amide bonds. The Bertz CT molecular complexity index is 1140. The van der Waals surface area contributed by atoms with E-state index in [1.807, 2.05) is 32.3 Å². The van der Waals surface area contributed by atoms with Gasteiger partial charge in [-0.1, -0.05) is 43.3 Å². The lowest BCUT2D eigenvalue weighted by atomic mass is 10.2. The molecule has 5 nitrogen and oxygen atoms in total. The summed E-state index contributed by atoms with van der Waals surface area (Å²) in [7, 11) is -3.57. The second kappa shape index (κ2) is 9.26. The third-order valence-electron chi connectivity index (χ3n) is 4.90. The average Bonchev–Trinajstić information content (AvgIpc) is 3.06. The number of thioether (sulfide) groups is 1. The van der Waals surface area contributed by atoms with Crippen molar-refractivity contribution >= 4 is 44.4 Å². The van der Waals surface area contributed by atoms with Gasteiger partial charge in [0.25, 0.3) is 0 Å². The number of aromatic nitrogens is 2. The molecule has 0 radical (unpaired) electrons. The number of sulfonamides is 1. The van der Waals surface area contributed by atoms with Gasteiger partial charge in [0, 0.05) is 35.5 Å². The Kier molecular flexibility index (Phi) is 7.12. The molecular weight excluding hydrogens is 445 g/mol. The first-order chi connectivity index (χ1) is 14.2. The molecule has 0 aliphatic carbocycles. The Hall–Kier alpha value is -1.61. The molecule has 1 aromatic heterocycles. The Labute approximate surface area is 186 Å². The van der Waals surface area contributed by atoms with Crippen LogP contribution in [0, 0.1) is 5.82 Å². The molecule has 0 aliphatic heterocycles. The molecule has 0 spiro atoms. The van der Waals surface area contributed by atoms with Crippen LogP contribution in [0.25, 0.3) is 11.0 Å². The van der Waals surface area contributed by atoms with Crippen LogP contribution in [0.4, 0.5) is 4.39 Å². The van der Waals surface area contributed by atoms with Crippen LogP contribution < -0.4 is 0 Å². The number of hydrogen-bond acceptors (Lipinski definition) is 4. The number of halogens is 2. The zero-order valence-electron chi connectivity index (χ0n) is 17.4. The minimum Gasteiger partial charge on any atom is -0.316 e. The molecule has 2 aromatic carbocycles. The number of rotatable bonds is 8. The third-order valence-corrected chi connectivity index (χ3v) is 8.27. The molecule has 0 N–H and O–H groups in total. The maximum absolute atomic E-state index is 14.1. The average molecular weight is 470 g/mol. The number of imidazole rings is 1. The smallest absolute Gasteiger partial charge is 0.243 e. The van der Waals surface area contributed by atoms with Gasteiger partial charge in [0.1, 0.15) is 5.82 Å². The summed E-state index contributed by atoms with van der Waals surface area (Å²) in [5, 5.41) is 1.07. The first-order valence-electron chi connectivity index (χ1n) is 9.78. The summed E-state index contributed by atoms with van der Waals surface area (Å²) in [5.74, 6) is -0.0265. The summed E-state index contributed by atoms with van der Waals surface area (Å²) >= 11 is 7.53. The number of nitrogens with zero attached hydrogens (tertiary/aromatic N) is 3. The zero-order chi connectivity index (χ0) is 22.1. The summed E-state index contributed by atoms with van der Waals surface area (Å²) in [6.45, 7) is 8.50. The fraction of sp³-hybridized carbons (Fsp3) is 0.381. The third kappa shape index (κ3) is 4.37. The van der Waals surface area contributed by atoms with Crippen LogP contribution in [0.2, 0.25) is 5.02 Å². The molecule has 162 valence electrons. The zero-order valence-corrected chi connectivity index (χ0v) is 19.8. The maximum Gasteiger partial charge on any atom is 0.243 e. The van der Waals surface area contributed by atoms with E-state index in [-0.39, 0.29) is 16.8 Å². The Balaban J connectivity index is 2.02. The van der Waals surface area contributed by atoms with Crippen molar-refractivity contribution in [1.82, 2.24) is 13.9 Å². The second-order valence-electron chi connectivity index (χ2n) is 7.09. The Morgan fingerprint density at radius 2 is 1.90 bits per heavy atom. The molecule has 9 heteroatoms. The van der Waals surface area contributed by atoms with E-state index in [4.69, 9.17) is 11.6 Å². The van der Waals surface area contributed by atoms with Crippen molar-refractivity contribution in [3.8, 4) is 0 Å². The molecule has 30 heavy (non-hydrogen) atoms. The van der Waals surface area contributed by atoms with E-state index in [2.05, 4.69) is 4.98 Å². The van der Waals surface area contributed by atoms with Crippen LogP contribution >= 0.6 is 23.4 Å². The summed E-state index contributed by atoms with van der Waals surface area (Å²) < 4.78 is 43.4. The number of fused-ring (bicyclic) bond motifs is 1. The normalized spacial score (nSPS) is 12.4. The first kappa shape index (κ1) is 23.1. The summed E-state index contributed by atoms with van der Waals surface area (Å²) in [6.07, 6.45) is 0. The number of benzene rings is 2. The molecular formula is C21H25ClFN3O2S2. The lowest BCUT2D eigenvalue weighted by Crippen LogP contribution is -2.30. The summed E-state index contributed by atoms with van der Waals surface area (Å²) in [6, 6.07) is 9.75. The van der Waals surface area contributed by atoms with Crippen molar-refractivity contribution in [3.63, 3.8) is 0 Å². The van der Waals surface area contributed by atoms with Crippen molar-refractivity contribution in [1.29, 1.82) is 0 Å². The molecule has 3 aromatic rings. The predicted molar refractivity (Wildman–Crippen MR) is 121 cm³/mol. The van der Waals surface area contributed by atoms with Crippen molar-refractivity contribution in [2.45, 2.75) is 49.5 Å². The standard InChI is InChI=1S/C21H25ClFN3O2S2/c1-5-25(6-2)30(27,28)15-10-11-20-19(12-15)24-21(26(20)14(3)4)29-13-16-17(22)8-7-9-18(16)23/h7-12,14H,5-6,13H2,1-4H3. The highest BCUT2D eigenvalue weighted by Crippen LogP contribution is 2.33. The van der Waals surface area contributed by atoms with Gasteiger partial charge in [-0.2, -0.15) is 4.31 Å². The highest BCUT2D eigenvalue weighted by molar-refractivity contribution is 7.98. The fourth-order valence-corrected chi connectivity index (χ4v) is 6.30. The van der Waals surface area contributed by atoms with Crippen LogP contribution in [0.5, 0.6) is 0 Å². The Morgan fingerprint density at radius 1 is 1.20 bits per heavy atom. The van der Waals surface area contributed by atoms with E-state index >= 15 is 0 Å². The largest absolute Gasteiger partial charge is 0.316 e. The highest BCUT2D eigenvalue weighted by Gasteiger charge is 2.23. The molecule has 0 saturated carbocycles. The maximum atomic E-state index is 14.1. The lowest BCUT2D eigenvalue weighted by Gasteiger charge is -2.18. The summed E-state index contributed by atoms with van der Waals surface area (Å²) in [4.78, 5) is 4.89. The van der Waals surface area contributed by atoms with Crippen molar-refractivity contribution in [2.24, 2.45) is 0 Å². The molecule has 0 unspecified atom stereocenters. The molecule has 0 atom stereocenters. The first-order valence-corrected chi connectivity index (χ1v) is 12.6. The number of hydrogen-bond donors (Lipinski definition) is 0. The van der Waals surface area contributed by atoms with E-state index in [0.29, 0.717) is 40.1 Å². The van der Waals surface area contributed by atoms with Gasteiger partial charge in [0.05, 0.1) is 15.9 Å². The molecule has 1 heterocycles. The van der Waals surface area contributed by atoms with Gasteiger partial charge >= 0.3 is 0 Å². The van der Waals surface area contributed by atoms with E-state index in [0.717, 1.165) is 5.52 Å². The SMILES string of the molecule is CCN(CC)S(=O)(=O)c1ccc2c(c1)nc(SCc1c(F)cccc1Cl)n2C(C)C. The van der Waals surface area contributed by atoms with Gasteiger partial charge in [-0.15, -0.1) is 0 Å². The molecule has 0 fully saturated rings. The lowest BCUT2D eigenvalue weighted by molar-refractivity contribution is 0.445. The van der Waals surface area contributed by atoms with Crippen molar-refractivity contribution in [2.75, 3.05) is 13.1 Å². The van der Waals surface area contributed by atoms with Crippen LogP contribution in [-0.4, -0.2) is 35.4 Å². The molecule has 0 aliphatic rings. The van der Waals surface area contributed by atoms with Crippen molar-refractivity contribution < 1.29 is 12.8 Å². The minimum absolute atomic E-state index is 0.0961. The monoisotopic (exact) mass is 469 g/mol. The van der Waals surface area contributed by atoms with E-state index in [1.165, 1.54) is 22.1 Å². The highest BCUT2D eigenvalue weighted by atomic mass is 35.5. The van der Waals surface area contributed by atoms with Crippen LogP contribution in [0.15, 0.2) is 46.5 Å². The Morgan fingerprint density at radius 3 is 2.50 bits per heavy atom. The van der Waals surface area contributed by atoms with Gasteiger partial charge in [-0.3, -0.25) is 0 Å². The molecule has 0 bridgehead atoms. The van der Waals surface area contributed by atoms with E-state index in [9.17, 15) is 12.8 Å². The molecule has 3 rings (SSSR count). The quantitative estimate of drug-likeness (QED) is 0.395. The topological polar surface area (TPSA) is 55.2 Å². The van der Waals surface area contributed by atoms with E-state index in [1.54, 1.807) is 30.3 Å². The fourth-order valence-electron chi connectivity index (χ4n) is 3.34. The van der Waals surface area contributed by atoms with Gasteiger partial charge < -0.3 is 4.57 Å². The van der Waals surface area contributed by atoms with Gasteiger partial charge in [0.15, 0.2) is 5.16 Å². The van der Waals surface area contributed by atoms with Crippen LogP contribution in [0.3, 0.4) is 0 Å². The van der Waals surface area contributed by atoms with Crippen molar-refractivity contribution in [3.05, 3.63) is 52.8 Å². The van der Waals surface area contributed by atoms with Crippen LogP contribution in [-0.2, 0) is 15.8 Å².